The van der Waals surface area contributed by atoms with Crippen molar-refractivity contribution >= 4 is 27.3 Å². The summed E-state index contributed by atoms with van der Waals surface area (Å²) in [5.41, 5.74) is -0.613. The number of nitrogens with zero attached hydrogens (tertiary/aromatic N) is 1. The molecular formula is C20H17F3N2O6S2. The molecule has 3 aromatic rings. The van der Waals surface area contributed by atoms with Crippen LogP contribution >= 0.6 is 11.3 Å². The molecule has 4 rings (SSSR count). The van der Waals surface area contributed by atoms with Crippen LogP contribution in [-0.2, 0) is 27.4 Å². The van der Waals surface area contributed by atoms with Gasteiger partial charge in [0.1, 0.15) is 15.4 Å². The van der Waals surface area contributed by atoms with Crippen LogP contribution in [-0.4, -0.2) is 41.9 Å². The third kappa shape index (κ3) is 4.40. The summed E-state index contributed by atoms with van der Waals surface area (Å²) in [5, 5.41) is 22.4. The molecule has 3 N–H and O–H groups in total. The number of rotatable bonds is 8. The lowest BCUT2D eigenvalue weighted by molar-refractivity contribution is -0.155. The second-order valence-electron chi connectivity index (χ2n) is 7.50. The van der Waals surface area contributed by atoms with Crippen molar-refractivity contribution in [2.24, 2.45) is 0 Å². The van der Waals surface area contributed by atoms with Crippen molar-refractivity contribution in [2.45, 2.75) is 34.7 Å². The van der Waals surface area contributed by atoms with Gasteiger partial charge in [0.15, 0.2) is 0 Å². The number of thiophene rings is 1. The summed E-state index contributed by atoms with van der Waals surface area (Å²) in [6.45, 7) is -0.147. The normalized spacial score (nSPS) is 20.7. The van der Waals surface area contributed by atoms with Crippen LogP contribution in [0, 0.1) is 0 Å². The fourth-order valence-corrected chi connectivity index (χ4v) is 6.33. The van der Waals surface area contributed by atoms with Crippen LogP contribution in [0.15, 0.2) is 51.2 Å². The molecule has 13 heteroatoms. The van der Waals surface area contributed by atoms with Crippen molar-refractivity contribution in [1.29, 1.82) is 0 Å². The minimum atomic E-state index is -4.74. The van der Waals surface area contributed by atoms with Gasteiger partial charge in [-0.15, -0.1) is 11.3 Å². The fraction of sp³-hybridized carbons (Fsp3) is 0.300. The lowest BCUT2D eigenvalue weighted by Gasteiger charge is -2.16. The molecule has 33 heavy (non-hydrogen) atoms. The third-order valence-corrected chi connectivity index (χ3v) is 8.47. The highest BCUT2D eigenvalue weighted by Crippen LogP contribution is 2.53. The molecule has 2 heterocycles. The molecule has 0 amide bonds. The first-order chi connectivity index (χ1) is 15.5. The number of benzene rings is 1. The summed E-state index contributed by atoms with van der Waals surface area (Å²) in [6.07, 6.45) is -4.43. The molecule has 0 spiro atoms. The number of halogens is 3. The molecule has 1 saturated carbocycles. The van der Waals surface area contributed by atoms with Crippen molar-refractivity contribution in [1.82, 2.24) is 9.88 Å². The van der Waals surface area contributed by atoms with Gasteiger partial charge in [-0.25, -0.2) is 8.42 Å². The Labute approximate surface area is 189 Å². The number of aromatic nitrogens is 1. The molecule has 8 nitrogen and oxygen atoms in total. The van der Waals surface area contributed by atoms with E-state index in [4.69, 9.17) is 0 Å². The lowest BCUT2D eigenvalue weighted by Crippen LogP contribution is -2.44. The number of aliphatic carboxylic acids is 1. The minimum Gasteiger partial charge on any atom is -0.480 e. The Balaban J connectivity index is 1.60. The summed E-state index contributed by atoms with van der Waals surface area (Å²) in [4.78, 5) is 12.2. The zero-order chi connectivity index (χ0) is 24.0. The Hall–Kier alpha value is -2.74. The number of nitrogens with one attached hydrogen (secondary N) is 1. The van der Waals surface area contributed by atoms with Crippen LogP contribution in [0.4, 0.5) is 13.2 Å². The van der Waals surface area contributed by atoms with E-state index in [0.29, 0.717) is 29.4 Å². The number of sulfonamides is 1. The quantitative estimate of drug-likeness (QED) is 0.431. The molecule has 0 radical (unpaired) electrons. The SMILES string of the molecule is O=C(O)[C@@]1(NS(=O)(=O)c2ccc(-c3cc(C(F)(F)F)on3)s2)C[C@H]1c1ccccc1CCO. The summed E-state index contributed by atoms with van der Waals surface area (Å²) < 4.78 is 70.4. The fourth-order valence-electron chi connectivity index (χ4n) is 3.67. The first kappa shape index (κ1) is 23.4. The Morgan fingerprint density at radius 3 is 2.64 bits per heavy atom. The van der Waals surface area contributed by atoms with E-state index in [1.165, 1.54) is 6.07 Å². The van der Waals surface area contributed by atoms with Crippen molar-refractivity contribution in [2.75, 3.05) is 6.61 Å². The predicted molar refractivity (Wildman–Crippen MR) is 110 cm³/mol. The number of alkyl halides is 3. The van der Waals surface area contributed by atoms with E-state index in [1.807, 2.05) is 0 Å². The van der Waals surface area contributed by atoms with Crippen molar-refractivity contribution < 1.29 is 41.1 Å². The Morgan fingerprint density at radius 1 is 1.27 bits per heavy atom. The van der Waals surface area contributed by atoms with Crippen LogP contribution in [0.1, 0.15) is 29.2 Å². The molecule has 0 bridgehead atoms. The monoisotopic (exact) mass is 502 g/mol. The van der Waals surface area contributed by atoms with Crippen molar-refractivity contribution in [3.63, 3.8) is 0 Å². The van der Waals surface area contributed by atoms with Gasteiger partial charge in [-0.05, 0) is 36.1 Å². The van der Waals surface area contributed by atoms with Gasteiger partial charge in [0.2, 0.25) is 5.76 Å². The summed E-state index contributed by atoms with van der Waals surface area (Å²) in [5.74, 6) is -3.31. The lowest BCUT2D eigenvalue weighted by atomic mass is 9.98. The molecule has 0 aliphatic heterocycles. The van der Waals surface area contributed by atoms with Crippen LogP contribution in [0.2, 0.25) is 0 Å². The maximum absolute atomic E-state index is 13.0. The number of carboxylic acid groups (broad SMARTS) is 1. The second-order valence-corrected chi connectivity index (χ2v) is 10.5. The largest absolute Gasteiger partial charge is 0.480 e. The molecule has 176 valence electrons. The molecule has 0 saturated heterocycles. The molecule has 1 fully saturated rings. The first-order valence-corrected chi connectivity index (χ1v) is 11.9. The third-order valence-electron chi connectivity index (χ3n) is 5.36. The Morgan fingerprint density at radius 2 is 2.00 bits per heavy atom. The maximum Gasteiger partial charge on any atom is 0.452 e. The molecule has 1 aliphatic rings. The highest BCUT2D eigenvalue weighted by Gasteiger charge is 2.63. The highest BCUT2D eigenvalue weighted by molar-refractivity contribution is 7.91. The van der Waals surface area contributed by atoms with Crippen LogP contribution in [0.25, 0.3) is 10.6 Å². The van der Waals surface area contributed by atoms with E-state index in [0.717, 1.165) is 11.6 Å². The Bertz CT molecular complexity index is 1300. The topological polar surface area (TPSA) is 130 Å². The number of hydrogen-bond acceptors (Lipinski definition) is 7. The molecule has 2 aromatic heterocycles. The van der Waals surface area contributed by atoms with E-state index in [9.17, 15) is 36.6 Å². The number of aliphatic hydroxyl groups excluding tert-OH is 1. The van der Waals surface area contributed by atoms with Crippen LogP contribution in [0.3, 0.4) is 0 Å². The van der Waals surface area contributed by atoms with Gasteiger partial charge in [0.05, 0.1) is 4.88 Å². The molecule has 0 unspecified atom stereocenters. The number of aliphatic hydroxyl groups is 1. The highest BCUT2D eigenvalue weighted by atomic mass is 32.2. The van der Waals surface area contributed by atoms with Gasteiger partial charge in [0.25, 0.3) is 10.0 Å². The van der Waals surface area contributed by atoms with Gasteiger partial charge >= 0.3 is 12.1 Å². The number of carbonyl (C=O) groups is 1. The average molecular weight is 502 g/mol. The van der Waals surface area contributed by atoms with Gasteiger partial charge < -0.3 is 14.7 Å². The van der Waals surface area contributed by atoms with Gasteiger partial charge in [-0.2, -0.15) is 17.9 Å². The molecule has 2 atom stereocenters. The molecule has 1 aliphatic carbocycles. The van der Waals surface area contributed by atoms with E-state index >= 15 is 0 Å². The van der Waals surface area contributed by atoms with Gasteiger partial charge in [-0.1, -0.05) is 29.4 Å². The molecule has 1 aromatic carbocycles. The smallest absolute Gasteiger partial charge is 0.452 e. The predicted octanol–water partition coefficient (Wildman–Crippen LogP) is 3.25. The second kappa shape index (κ2) is 8.24. The van der Waals surface area contributed by atoms with E-state index in [-0.39, 0.29) is 27.8 Å². The van der Waals surface area contributed by atoms with Gasteiger partial charge in [0, 0.05) is 18.6 Å². The Kier molecular flexibility index (Phi) is 5.85. The molecular weight excluding hydrogens is 485 g/mol. The summed E-state index contributed by atoms with van der Waals surface area (Å²) >= 11 is 0.639. The summed E-state index contributed by atoms with van der Waals surface area (Å²) in [6, 6.07) is 9.97. The zero-order valence-corrected chi connectivity index (χ0v) is 18.3. The van der Waals surface area contributed by atoms with Crippen LogP contribution in [0.5, 0.6) is 0 Å². The summed E-state index contributed by atoms with van der Waals surface area (Å²) in [7, 11) is -4.32. The van der Waals surface area contributed by atoms with Crippen molar-refractivity contribution in [3.05, 3.63) is 59.4 Å². The zero-order valence-electron chi connectivity index (χ0n) is 16.7. The van der Waals surface area contributed by atoms with E-state index in [2.05, 4.69) is 14.4 Å². The van der Waals surface area contributed by atoms with Crippen LogP contribution < -0.4 is 4.72 Å². The van der Waals surface area contributed by atoms with E-state index in [1.54, 1.807) is 24.3 Å². The number of hydrogen-bond donors (Lipinski definition) is 3. The standard InChI is InChI=1S/C20H17F3N2O6S2/c21-20(22,23)16-9-14(24-31-16)15-5-6-17(32-15)33(29,30)25-19(18(27)28)10-13(19)12-4-2-1-3-11(12)7-8-26/h1-6,9,13,25-26H,7-8,10H2,(H,27,28)/t13-,19+/m0/s1. The minimum absolute atomic E-state index is 0.0144. The maximum atomic E-state index is 13.0. The number of carboxylic acids is 1. The average Bonchev–Trinajstić information content (AvgIpc) is 3.12. The van der Waals surface area contributed by atoms with Gasteiger partial charge in [-0.3, -0.25) is 4.79 Å². The van der Waals surface area contributed by atoms with E-state index < -0.39 is 39.4 Å². The van der Waals surface area contributed by atoms with Crippen molar-refractivity contribution in [3.8, 4) is 10.6 Å². The first-order valence-electron chi connectivity index (χ1n) is 9.58.